The summed E-state index contributed by atoms with van der Waals surface area (Å²) in [5, 5.41) is 0. The third kappa shape index (κ3) is 3.04. The predicted molar refractivity (Wildman–Crippen MR) is 57.3 cm³/mol. The fourth-order valence-electron chi connectivity index (χ4n) is 1.04. The minimum atomic E-state index is -0.282. The maximum Gasteiger partial charge on any atom is 0.134 e. The van der Waals surface area contributed by atoms with E-state index in [2.05, 4.69) is 0 Å². The molecule has 0 unspecified atom stereocenters. The molecule has 0 aliphatic rings. The van der Waals surface area contributed by atoms with Gasteiger partial charge in [0.1, 0.15) is 11.6 Å². The Morgan fingerprint density at radius 3 is 2.86 bits per heavy atom. The highest BCUT2D eigenvalue weighted by Crippen LogP contribution is 2.17. The van der Waals surface area contributed by atoms with E-state index in [-0.39, 0.29) is 5.82 Å². The quantitative estimate of drug-likeness (QED) is 0.698. The van der Waals surface area contributed by atoms with Crippen molar-refractivity contribution < 1.29 is 9.13 Å². The van der Waals surface area contributed by atoms with Crippen LogP contribution >= 0.6 is 11.6 Å². The molecular weight excluding hydrogens is 203 g/mol. The molecule has 0 saturated heterocycles. The molecular formula is C11H12ClFO. The minimum absolute atomic E-state index is 0.282. The Bertz CT molecular complexity index is 323. The van der Waals surface area contributed by atoms with Crippen molar-refractivity contribution in [1.82, 2.24) is 0 Å². The van der Waals surface area contributed by atoms with Crippen molar-refractivity contribution in [1.29, 1.82) is 0 Å². The van der Waals surface area contributed by atoms with Crippen LogP contribution in [0.5, 0.6) is 5.75 Å². The van der Waals surface area contributed by atoms with Crippen molar-refractivity contribution in [3.05, 3.63) is 35.7 Å². The maximum absolute atomic E-state index is 13.3. The number of methoxy groups -OCH3 is 1. The number of hydrogen-bond acceptors (Lipinski definition) is 1. The van der Waals surface area contributed by atoms with E-state index in [1.807, 2.05) is 6.08 Å². The van der Waals surface area contributed by atoms with Gasteiger partial charge in [-0.15, -0.1) is 11.6 Å². The van der Waals surface area contributed by atoms with Crippen LogP contribution in [0.4, 0.5) is 4.39 Å². The number of ether oxygens (including phenoxy) is 1. The summed E-state index contributed by atoms with van der Waals surface area (Å²) in [4.78, 5) is 0. The highest BCUT2D eigenvalue weighted by Gasteiger charge is 1.99. The van der Waals surface area contributed by atoms with Gasteiger partial charge >= 0.3 is 0 Å². The van der Waals surface area contributed by atoms with Gasteiger partial charge in [-0.05, 0) is 18.6 Å². The number of rotatable bonds is 4. The fraction of sp³-hybridized carbons (Fsp3) is 0.273. The second kappa shape index (κ2) is 5.66. The Labute approximate surface area is 88.1 Å². The fourth-order valence-corrected chi connectivity index (χ4v) is 1.17. The molecule has 0 atom stereocenters. The van der Waals surface area contributed by atoms with Gasteiger partial charge in [0.25, 0.3) is 0 Å². The van der Waals surface area contributed by atoms with Gasteiger partial charge in [-0.3, -0.25) is 0 Å². The molecule has 3 heteroatoms. The zero-order valence-electron chi connectivity index (χ0n) is 7.97. The smallest absolute Gasteiger partial charge is 0.134 e. The highest BCUT2D eigenvalue weighted by atomic mass is 35.5. The average Bonchev–Trinajstić information content (AvgIpc) is 2.20. The van der Waals surface area contributed by atoms with Gasteiger partial charge in [-0.1, -0.05) is 12.2 Å². The monoisotopic (exact) mass is 214 g/mol. The summed E-state index contributed by atoms with van der Waals surface area (Å²) in [6.07, 6.45) is 4.31. The Hall–Kier alpha value is -1.02. The summed E-state index contributed by atoms with van der Waals surface area (Å²) in [7, 11) is 1.51. The van der Waals surface area contributed by atoms with Gasteiger partial charge in [-0.25, -0.2) is 4.39 Å². The molecule has 0 spiro atoms. The van der Waals surface area contributed by atoms with E-state index in [1.165, 1.54) is 13.2 Å². The molecule has 1 rings (SSSR count). The van der Waals surface area contributed by atoms with Gasteiger partial charge in [0, 0.05) is 17.5 Å². The van der Waals surface area contributed by atoms with E-state index >= 15 is 0 Å². The summed E-state index contributed by atoms with van der Waals surface area (Å²) in [6, 6.07) is 4.77. The van der Waals surface area contributed by atoms with Crippen molar-refractivity contribution in [3.8, 4) is 5.75 Å². The van der Waals surface area contributed by atoms with E-state index in [1.54, 1.807) is 18.2 Å². The molecule has 0 N–H and O–H groups in total. The summed E-state index contributed by atoms with van der Waals surface area (Å²) in [6.45, 7) is 0. The third-order valence-corrected chi connectivity index (χ3v) is 2.00. The SMILES string of the molecule is COc1ccc(/C=C/CCCl)c(F)c1. The zero-order chi connectivity index (χ0) is 10.4. The minimum Gasteiger partial charge on any atom is -0.497 e. The Kier molecular flexibility index (Phi) is 4.47. The Balaban J connectivity index is 2.78. The second-order valence-corrected chi connectivity index (χ2v) is 3.15. The molecule has 0 heterocycles. The molecule has 1 aromatic rings. The third-order valence-electron chi connectivity index (χ3n) is 1.78. The number of allylic oxidation sites excluding steroid dienone is 1. The largest absolute Gasteiger partial charge is 0.497 e. The van der Waals surface area contributed by atoms with Crippen molar-refractivity contribution in [3.63, 3.8) is 0 Å². The first kappa shape index (κ1) is 11.1. The van der Waals surface area contributed by atoms with Crippen LogP contribution in [0.25, 0.3) is 6.08 Å². The van der Waals surface area contributed by atoms with Crippen molar-refractivity contribution in [2.24, 2.45) is 0 Å². The zero-order valence-corrected chi connectivity index (χ0v) is 8.72. The van der Waals surface area contributed by atoms with Crippen LogP contribution in [0.15, 0.2) is 24.3 Å². The summed E-state index contributed by atoms with van der Waals surface area (Å²) < 4.78 is 18.2. The summed E-state index contributed by atoms with van der Waals surface area (Å²) >= 11 is 5.49. The lowest BCUT2D eigenvalue weighted by Crippen LogP contribution is -1.86. The van der Waals surface area contributed by atoms with Crippen molar-refractivity contribution in [2.75, 3.05) is 13.0 Å². The topological polar surface area (TPSA) is 9.23 Å². The summed E-state index contributed by atoms with van der Waals surface area (Å²) in [5.74, 6) is 0.793. The first-order valence-corrected chi connectivity index (χ1v) is 4.87. The molecule has 0 aromatic heterocycles. The van der Waals surface area contributed by atoms with E-state index in [0.29, 0.717) is 17.2 Å². The van der Waals surface area contributed by atoms with Gasteiger partial charge in [0.05, 0.1) is 7.11 Å². The molecule has 0 aliphatic carbocycles. The molecule has 0 bridgehead atoms. The number of hydrogen-bond donors (Lipinski definition) is 0. The second-order valence-electron chi connectivity index (χ2n) is 2.77. The standard InChI is InChI=1S/C11H12ClFO/c1-14-10-6-5-9(11(13)8-10)4-2-3-7-12/h2,4-6,8H,3,7H2,1H3/b4-2+. The molecule has 0 aliphatic heterocycles. The van der Waals surface area contributed by atoms with Crippen LogP contribution in [0.1, 0.15) is 12.0 Å². The number of halogens is 2. The maximum atomic E-state index is 13.3. The molecule has 1 nitrogen and oxygen atoms in total. The number of benzene rings is 1. The van der Waals surface area contributed by atoms with Crippen LogP contribution in [0.3, 0.4) is 0 Å². The molecule has 14 heavy (non-hydrogen) atoms. The van der Waals surface area contributed by atoms with Crippen molar-refractivity contribution in [2.45, 2.75) is 6.42 Å². The molecule has 0 saturated carbocycles. The van der Waals surface area contributed by atoms with Crippen LogP contribution in [-0.2, 0) is 0 Å². The first-order chi connectivity index (χ1) is 6.77. The molecule has 1 aromatic carbocycles. The Morgan fingerprint density at radius 1 is 1.50 bits per heavy atom. The van der Waals surface area contributed by atoms with Crippen LogP contribution < -0.4 is 4.74 Å². The van der Waals surface area contributed by atoms with E-state index in [0.717, 1.165) is 6.42 Å². The molecule has 0 fully saturated rings. The first-order valence-electron chi connectivity index (χ1n) is 4.34. The number of alkyl halides is 1. The van der Waals surface area contributed by atoms with Gasteiger partial charge in [0.2, 0.25) is 0 Å². The average molecular weight is 215 g/mol. The summed E-state index contributed by atoms with van der Waals surface area (Å²) in [5.41, 5.74) is 0.552. The van der Waals surface area contributed by atoms with Crippen LogP contribution in [0, 0.1) is 5.82 Å². The normalized spacial score (nSPS) is 10.8. The van der Waals surface area contributed by atoms with E-state index in [9.17, 15) is 4.39 Å². The molecule has 0 radical (unpaired) electrons. The van der Waals surface area contributed by atoms with Crippen LogP contribution in [0.2, 0.25) is 0 Å². The highest BCUT2D eigenvalue weighted by molar-refractivity contribution is 6.17. The predicted octanol–water partition coefficient (Wildman–Crippen LogP) is 3.48. The van der Waals surface area contributed by atoms with Gasteiger partial charge < -0.3 is 4.74 Å². The Morgan fingerprint density at radius 2 is 2.29 bits per heavy atom. The lowest BCUT2D eigenvalue weighted by molar-refractivity contribution is 0.411. The molecule has 76 valence electrons. The lowest BCUT2D eigenvalue weighted by atomic mass is 10.2. The van der Waals surface area contributed by atoms with Crippen LogP contribution in [-0.4, -0.2) is 13.0 Å². The lowest BCUT2D eigenvalue weighted by Gasteiger charge is -2.01. The van der Waals surface area contributed by atoms with Gasteiger partial charge in [-0.2, -0.15) is 0 Å². The van der Waals surface area contributed by atoms with Crippen molar-refractivity contribution >= 4 is 17.7 Å². The molecule has 0 amide bonds. The van der Waals surface area contributed by atoms with E-state index < -0.39 is 0 Å². The van der Waals surface area contributed by atoms with Gasteiger partial charge in [0.15, 0.2) is 0 Å². The van der Waals surface area contributed by atoms with E-state index in [4.69, 9.17) is 16.3 Å².